The first-order valence-corrected chi connectivity index (χ1v) is 4.48. The molecule has 0 aliphatic heterocycles. The van der Waals surface area contributed by atoms with Crippen LogP contribution >= 0.6 is 15.9 Å². The predicted molar refractivity (Wildman–Crippen MR) is 48.9 cm³/mol. The highest BCUT2D eigenvalue weighted by atomic mass is 79.9. The van der Waals surface area contributed by atoms with Crippen molar-refractivity contribution in [3.05, 3.63) is 29.6 Å². The molecule has 0 fully saturated rings. The van der Waals surface area contributed by atoms with Crippen LogP contribution in [0.4, 0.5) is 4.39 Å². The molecule has 12 heavy (non-hydrogen) atoms. The van der Waals surface area contributed by atoms with Gasteiger partial charge in [-0.1, -0.05) is 28.1 Å². The summed E-state index contributed by atoms with van der Waals surface area (Å²) in [6.45, 7) is 0. The smallest absolute Gasteiger partial charge is 0.423 e. The van der Waals surface area contributed by atoms with Gasteiger partial charge in [-0.25, -0.2) is 4.39 Å². The zero-order chi connectivity index (χ0) is 9.14. The van der Waals surface area contributed by atoms with E-state index >= 15 is 0 Å². The standard InChI is InChI=1S/C7H7BBrFO2/c9-4-5-2-1-3-6(10)7(5)8(11)12/h1-3,11-12H,4H2. The van der Waals surface area contributed by atoms with Crippen LogP contribution in [0.3, 0.4) is 0 Å². The van der Waals surface area contributed by atoms with Gasteiger partial charge >= 0.3 is 7.12 Å². The molecule has 0 unspecified atom stereocenters. The number of benzene rings is 1. The van der Waals surface area contributed by atoms with Crippen molar-refractivity contribution < 1.29 is 14.4 Å². The van der Waals surface area contributed by atoms with E-state index in [1.807, 2.05) is 0 Å². The van der Waals surface area contributed by atoms with Crippen molar-refractivity contribution >= 4 is 28.5 Å². The molecule has 0 spiro atoms. The molecular weight excluding hydrogens is 226 g/mol. The molecule has 1 aromatic rings. The minimum atomic E-state index is -1.75. The van der Waals surface area contributed by atoms with Crippen molar-refractivity contribution in [2.24, 2.45) is 0 Å². The van der Waals surface area contributed by atoms with E-state index in [1.165, 1.54) is 12.1 Å². The Kier molecular flexibility index (Phi) is 3.25. The normalized spacial score (nSPS) is 10.0. The number of hydrogen-bond donors (Lipinski definition) is 2. The van der Waals surface area contributed by atoms with Crippen LogP contribution in [0.15, 0.2) is 18.2 Å². The number of halogens is 2. The van der Waals surface area contributed by atoms with E-state index in [-0.39, 0.29) is 5.46 Å². The van der Waals surface area contributed by atoms with Crippen molar-refractivity contribution in [3.63, 3.8) is 0 Å². The average Bonchev–Trinajstić information content (AvgIpc) is 2.03. The average molecular weight is 233 g/mol. The highest BCUT2D eigenvalue weighted by molar-refractivity contribution is 9.08. The van der Waals surface area contributed by atoms with Crippen LogP contribution in [0.5, 0.6) is 0 Å². The van der Waals surface area contributed by atoms with E-state index in [4.69, 9.17) is 10.0 Å². The fourth-order valence-corrected chi connectivity index (χ4v) is 1.48. The lowest BCUT2D eigenvalue weighted by atomic mass is 9.77. The molecule has 0 aliphatic rings. The molecule has 2 N–H and O–H groups in total. The maximum Gasteiger partial charge on any atom is 0.491 e. The van der Waals surface area contributed by atoms with Gasteiger partial charge in [0.25, 0.3) is 0 Å². The van der Waals surface area contributed by atoms with Gasteiger partial charge in [-0.2, -0.15) is 0 Å². The van der Waals surface area contributed by atoms with Gasteiger partial charge in [0.05, 0.1) is 0 Å². The molecule has 2 nitrogen and oxygen atoms in total. The lowest BCUT2D eigenvalue weighted by Crippen LogP contribution is -2.35. The van der Waals surface area contributed by atoms with Gasteiger partial charge in [-0.15, -0.1) is 0 Å². The van der Waals surface area contributed by atoms with Crippen LogP contribution in [-0.2, 0) is 5.33 Å². The van der Waals surface area contributed by atoms with Gasteiger partial charge in [0.15, 0.2) is 0 Å². The van der Waals surface area contributed by atoms with Crippen LogP contribution in [0.25, 0.3) is 0 Å². The summed E-state index contributed by atoms with van der Waals surface area (Å²) in [6, 6.07) is 4.35. The van der Waals surface area contributed by atoms with Gasteiger partial charge < -0.3 is 10.0 Å². The first kappa shape index (κ1) is 9.70. The highest BCUT2D eigenvalue weighted by Crippen LogP contribution is 2.05. The summed E-state index contributed by atoms with van der Waals surface area (Å²) in [6.07, 6.45) is 0. The highest BCUT2D eigenvalue weighted by Gasteiger charge is 2.19. The molecule has 0 atom stereocenters. The van der Waals surface area contributed by atoms with Crippen molar-refractivity contribution in [1.82, 2.24) is 0 Å². The summed E-state index contributed by atoms with van der Waals surface area (Å²) >= 11 is 3.12. The van der Waals surface area contributed by atoms with Crippen molar-refractivity contribution in [2.45, 2.75) is 5.33 Å². The maximum atomic E-state index is 12.9. The molecule has 0 aliphatic carbocycles. The molecule has 1 rings (SSSR count). The zero-order valence-corrected chi connectivity index (χ0v) is 7.75. The summed E-state index contributed by atoms with van der Waals surface area (Å²) in [5.74, 6) is -0.595. The second kappa shape index (κ2) is 4.02. The molecule has 0 aromatic heterocycles. The van der Waals surface area contributed by atoms with Gasteiger partial charge in [0.2, 0.25) is 0 Å². The Balaban J connectivity index is 3.20. The first-order valence-electron chi connectivity index (χ1n) is 3.36. The molecule has 1 aromatic carbocycles. The number of rotatable bonds is 2. The molecule has 64 valence electrons. The Morgan fingerprint density at radius 2 is 2.08 bits per heavy atom. The fourth-order valence-electron chi connectivity index (χ4n) is 0.987. The summed E-state index contributed by atoms with van der Waals surface area (Å²) in [4.78, 5) is 0. The SMILES string of the molecule is OB(O)c1c(F)cccc1CBr. The summed E-state index contributed by atoms with van der Waals surface area (Å²) in [7, 11) is -1.75. The fraction of sp³-hybridized carbons (Fsp3) is 0.143. The third-order valence-electron chi connectivity index (χ3n) is 1.55. The number of alkyl halides is 1. The van der Waals surface area contributed by atoms with E-state index in [2.05, 4.69) is 15.9 Å². The van der Waals surface area contributed by atoms with Crippen LogP contribution < -0.4 is 5.46 Å². The summed E-state index contributed by atoms with van der Waals surface area (Å²) in [5.41, 5.74) is 0.486. The molecule has 0 heterocycles. The minimum absolute atomic E-state index is 0.0608. The van der Waals surface area contributed by atoms with Gasteiger partial charge in [-0.05, 0) is 11.6 Å². The lowest BCUT2D eigenvalue weighted by Gasteiger charge is -2.06. The lowest BCUT2D eigenvalue weighted by molar-refractivity contribution is 0.422. The van der Waals surface area contributed by atoms with Gasteiger partial charge in [0.1, 0.15) is 5.82 Å². The van der Waals surface area contributed by atoms with Crippen molar-refractivity contribution in [1.29, 1.82) is 0 Å². The second-order valence-electron chi connectivity index (χ2n) is 2.32. The Labute approximate surface area is 78.3 Å². The molecule has 0 saturated carbocycles. The largest absolute Gasteiger partial charge is 0.491 e. The van der Waals surface area contributed by atoms with E-state index < -0.39 is 12.9 Å². The number of hydrogen-bond acceptors (Lipinski definition) is 2. The first-order chi connectivity index (χ1) is 5.66. The topological polar surface area (TPSA) is 40.5 Å². The summed E-state index contributed by atoms with van der Waals surface area (Å²) < 4.78 is 12.9. The van der Waals surface area contributed by atoms with Crippen LogP contribution in [-0.4, -0.2) is 17.2 Å². The van der Waals surface area contributed by atoms with Crippen molar-refractivity contribution in [2.75, 3.05) is 0 Å². The third kappa shape index (κ3) is 1.85. The minimum Gasteiger partial charge on any atom is -0.423 e. The van der Waals surface area contributed by atoms with Crippen LogP contribution in [0.2, 0.25) is 0 Å². The molecule has 0 saturated heterocycles. The zero-order valence-electron chi connectivity index (χ0n) is 6.17. The Morgan fingerprint density at radius 3 is 2.50 bits per heavy atom. The third-order valence-corrected chi connectivity index (χ3v) is 2.15. The monoisotopic (exact) mass is 232 g/mol. The van der Waals surface area contributed by atoms with E-state index in [1.54, 1.807) is 6.07 Å². The molecule has 0 bridgehead atoms. The Hall–Kier alpha value is -0.385. The Morgan fingerprint density at radius 1 is 1.42 bits per heavy atom. The van der Waals surface area contributed by atoms with Crippen molar-refractivity contribution in [3.8, 4) is 0 Å². The Bertz CT molecular complexity index is 280. The van der Waals surface area contributed by atoms with Crippen LogP contribution in [0, 0.1) is 5.82 Å². The molecule has 0 radical (unpaired) electrons. The molecular formula is C7H7BBrFO2. The van der Waals surface area contributed by atoms with E-state index in [0.29, 0.717) is 10.9 Å². The van der Waals surface area contributed by atoms with Gasteiger partial charge in [-0.3, -0.25) is 0 Å². The van der Waals surface area contributed by atoms with E-state index in [0.717, 1.165) is 0 Å². The molecule has 5 heteroatoms. The second-order valence-corrected chi connectivity index (χ2v) is 2.88. The van der Waals surface area contributed by atoms with Gasteiger partial charge in [0, 0.05) is 10.8 Å². The van der Waals surface area contributed by atoms with Crippen LogP contribution in [0.1, 0.15) is 5.56 Å². The summed E-state index contributed by atoms with van der Waals surface area (Å²) in [5, 5.41) is 18.0. The maximum absolute atomic E-state index is 12.9. The predicted octanol–water partition coefficient (Wildman–Crippen LogP) is 0.400. The van der Waals surface area contributed by atoms with E-state index in [9.17, 15) is 4.39 Å². The molecule has 0 amide bonds. The quantitative estimate of drug-likeness (QED) is 0.573.